The number of unbranched alkanes of at least 4 members (excludes halogenated alkanes) is 1. The number of allylic oxidation sites excluding steroid dienone is 1. The van der Waals surface area contributed by atoms with Crippen molar-refractivity contribution in [2.75, 3.05) is 0 Å². The number of carbonyl (C=O) groups excluding carboxylic acids is 1. The third-order valence-electron chi connectivity index (χ3n) is 3.76. The minimum atomic E-state index is -0.00553. The molecule has 0 bridgehead atoms. The maximum atomic E-state index is 11.7. The average Bonchev–Trinajstić information content (AvgIpc) is 2.69. The molecule has 1 atom stereocenters. The molecule has 2 heteroatoms. The Morgan fingerprint density at radius 3 is 2.75 bits per heavy atom. The fourth-order valence-corrected chi connectivity index (χ4v) is 2.72. The molecule has 1 saturated carbocycles. The molecule has 1 aliphatic heterocycles. The Balaban J connectivity index is 1.92. The molecule has 1 fully saturated rings. The van der Waals surface area contributed by atoms with Gasteiger partial charge in [-0.1, -0.05) is 39.0 Å². The molecule has 90 valence electrons. The van der Waals surface area contributed by atoms with Gasteiger partial charge in [0.2, 0.25) is 0 Å². The van der Waals surface area contributed by atoms with Gasteiger partial charge in [0.1, 0.15) is 5.76 Å². The Morgan fingerprint density at radius 1 is 1.31 bits per heavy atom. The second-order valence-electron chi connectivity index (χ2n) is 5.07. The van der Waals surface area contributed by atoms with E-state index in [2.05, 4.69) is 13.0 Å². The molecule has 0 aromatic rings. The number of ether oxygens (including phenoxy) is 1. The van der Waals surface area contributed by atoms with Crippen molar-refractivity contribution in [2.24, 2.45) is 11.8 Å². The SMILES string of the molecule is CCCCC1C=C(C2CCCCC2)OC1=O. The van der Waals surface area contributed by atoms with E-state index >= 15 is 0 Å². The molecule has 2 rings (SSSR count). The summed E-state index contributed by atoms with van der Waals surface area (Å²) in [5, 5.41) is 0. The normalized spacial score (nSPS) is 26.7. The van der Waals surface area contributed by atoms with Crippen molar-refractivity contribution in [1.82, 2.24) is 0 Å². The minimum Gasteiger partial charge on any atom is -0.431 e. The third kappa shape index (κ3) is 2.66. The molecule has 0 aromatic heterocycles. The second-order valence-corrected chi connectivity index (χ2v) is 5.07. The highest BCUT2D eigenvalue weighted by Gasteiger charge is 2.31. The van der Waals surface area contributed by atoms with Crippen LogP contribution in [0.3, 0.4) is 0 Å². The van der Waals surface area contributed by atoms with Gasteiger partial charge in [0, 0.05) is 5.92 Å². The van der Waals surface area contributed by atoms with Crippen LogP contribution in [0.4, 0.5) is 0 Å². The van der Waals surface area contributed by atoms with Gasteiger partial charge in [-0.15, -0.1) is 0 Å². The lowest BCUT2D eigenvalue weighted by molar-refractivity contribution is -0.141. The van der Waals surface area contributed by atoms with Crippen LogP contribution in [-0.4, -0.2) is 5.97 Å². The van der Waals surface area contributed by atoms with Gasteiger partial charge in [-0.25, -0.2) is 0 Å². The zero-order chi connectivity index (χ0) is 11.4. The molecule has 1 unspecified atom stereocenters. The molecule has 16 heavy (non-hydrogen) atoms. The quantitative estimate of drug-likeness (QED) is 0.676. The Kier molecular flexibility index (Phi) is 4.03. The average molecular weight is 222 g/mol. The summed E-state index contributed by atoms with van der Waals surface area (Å²) >= 11 is 0. The van der Waals surface area contributed by atoms with E-state index in [9.17, 15) is 4.79 Å². The molecule has 0 radical (unpaired) electrons. The van der Waals surface area contributed by atoms with E-state index in [4.69, 9.17) is 4.74 Å². The Bertz CT molecular complexity index is 274. The molecule has 1 heterocycles. The standard InChI is InChI=1S/C14H22O2/c1-2-3-7-12-10-13(16-14(12)15)11-8-5-4-6-9-11/h10-12H,2-9H2,1H3. The van der Waals surface area contributed by atoms with E-state index in [1.807, 2.05) is 0 Å². The first-order chi connectivity index (χ1) is 7.81. The summed E-state index contributed by atoms with van der Waals surface area (Å²) in [6.07, 6.45) is 11.7. The summed E-state index contributed by atoms with van der Waals surface area (Å²) in [5.74, 6) is 1.57. The molecule has 0 saturated heterocycles. The van der Waals surface area contributed by atoms with Gasteiger partial charge < -0.3 is 4.74 Å². The third-order valence-corrected chi connectivity index (χ3v) is 3.76. The summed E-state index contributed by atoms with van der Waals surface area (Å²) < 4.78 is 5.43. The predicted molar refractivity (Wildman–Crippen MR) is 63.8 cm³/mol. The zero-order valence-corrected chi connectivity index (χ0v) is 10.2. The van der Waals surface area contributed by atoms with Crippen molar-refractivity contribution in [1.29, 1.82) is 0 Å². The smallest absolute Gasteiger partial charge is 0.317 e. The highest BCUT2D eigenvalue weighted by Crippen LogP contribution is 2.35. The van der Waals surface area contributed by atoms with Crippen LogP contribution in [-0.2, 0) is 9.53 Å². The summed E-state index contributed by atoms with van der Waals surface area (Å²) in [6, 6.07) is 0. The number of cyclic esters (lactones) is 1. The topological polar surface area (TPSA) is 26.3 Å². The molecule has 0 spiro atoms. The lowest BCUT2D eigenvalue weighted by atomic mass is 9.87. The van der Waals surface area contributed by atoms with E-state index in [0.717, 1.165) is 25.0 Å². The Morgan fingerprint density at radius 2 is 2.06 bits per heavy atom. The minimum absolute atomic E-state index is 0.00553. The van der Waals surface area contributed by atoms with Crippen LogP contribution in [0, 0.1) is 11.8 Å². The molecule has 0 aromatic carbocycles. The molecule has 0 N–H and O–H groups in total. The number of hydrogen-bond acceptors (Lipinski definition) is 2. The molecular weight excluding hydrogens is 200 g/mol. The maximum Gasteiger partial charge on any atom is 0.317 e. The van der Waals surface area contributed by atoms with Crippen molar-refractivity contribution in [3.8, 4) is 0 Å². The number of esters is 1. The Labute approximate surface area is 98.1 Å². The summed E-state index contributed by atoms with van der Waals surface area (Å²) in [5.41, 5.74) is 0. The molecule has 2 nitrogen and oxygen atoms in total. The van der Waals surface area contributed by atoms with Crippen molar-refractivity contribution in [3.63, 3.8) is 0 Å². The van der Waals surface area contributed by atoms with Gasteiger partial charge in [-0.2, -0.15) is 0 Å². The maximum absolute atomic E-state index is 11.7. The summed E-state index contributed by atoms with van der Waals surface area (Å²) in [4.78, 5) is 11.7. The van der Waals surface area contributed by atoms with Crippen LogP contribution in [0.25, 0.3) is 0 Å². The van der Waals surface area contributed by atoms with Crippen LogP contribution < -0.4 is 0 Å². The van der Waals surface area contributed by atoms with E-state index in [1.165, 1.54) is 32.1 Å². The fourth-order valence-electron chi connectivity index (χ4n) is 2.72. The monoisotopic (exact) mass is 222 g/mol. The number of carbonyl (C=O) groups is 1. The number of hydrogen-bond donors (Lipinski definition) is 0. The summed E-state index contributed by atoms with van der Waals surface area (Å²) in [7, 11) is 0. The first kappa shape index (κ1) is 11.7. The van der Waals surface area contributed by atoms with Crippen molar-refractivity contribution >= 4 is 5.97 Å². The largest absolute Gasteiger partial charge is 0.431 e. The van der Waals surface area contributed by atoms with Crippen LogP contribution in [0.15, 0.2) is 11.8 Å². The van der Waals surface area contributed by atoms with E-state index in [-0.39, 0.29) is 11.9 Å². The van der Waals surface area contributed by atoms with Crippen LogP contribution in [0.2, 0.25) is 0 Å². The molecule has 2 aliphatic rings. The van der Waals surface area contributed by atoms with Gasteiger partial charge in [0.25, 0.3) is 0 Å². The molecule has 0 amide bonds. The van der Waals surface area contributed by atoms with Gasteiger partial charge in [-0.3, -0.25) is 4.79 Å². The summed E-state index contributed by atoms with van der Waals surface area (Å²) in [6.45, 7) is 2.16. The predicted octanol–water partition coefficient (Wildman–Crippen LogP) is 3.81. The number of rotatable bonds is 4. The first-order valence-electron chi connectivity index (χ1n) is 6.74. The Hall–Kier alpha value is -0.790. The second kappa shape index (κ2) is 5.51. The zero-order valence-electron chi connectivity index (χ0n) is 10.2. The lowest BCUT2D eigenvalue weighted by Crippen LogP contribution is -2.11. The fraction of sp³-hybridized carbons (Fsp3) is 0.786. The van der Waals surface area contributed by atoms with Crippen molar-refractivity contribution in [3.05, 3.63) is 11.8 Å². The van der Waals surface area contributed by atoms with Crippen LogP contribution >= 0.6 is 0 Å². The van der Waals surface area contributed by atoms with E-state index < -0.39 is 0 Å². The van der Waals surface area contributed by atoms with Crippen LogP contribution in [0.5, 0.6) is 0 Å². The first-order valence-corrected chi connectivity index (χ1v) is 6.74. The van der Waals surface area contributed by atoms with Gasteiger partial charge >= 0.3 is 5.97 Å². The van der Waals surface area contributed by atoms with E-state index in [1.54, 1.807) is 0 Å². The lowest BCUT2D eigenvalue weighted by Gasteiger charge is -2.21. The van der Waals surface area contributed by atoms with Crippen molar-refractivity contribution in [2.45, 2.75) is 58.3 Å². The van der Waals surface area contributed by atoms with E-state index in [0.29, 0.717) is 5.92 Å². The van der Waals surface area contributed by atoms with Crippen molar-refractivity contribution < 1.29 is 9.53 Å². The van der Waals surface area contributed by atoms with Gasteiger partial charge in [0.05, 0.1) is 5.92 Å². The van der Waals surface area contributed by atoms with Crippen LogP contribution in [0.1, 0.15) is 58.3 Å². The molecule has 1 aliphatic carbocycles. The van der Waals surface area contributed by atoms with Gasteiger partial charge in [0.15, 0.2) is 0 Å². The van der Waals surface area contributed by atoms with Gasteiger partial charge in [-0.05, 0) is 25.3 Å². The molecular formula is C14H22O2. The highest BCUT2D eigenvalue weighted by atomic mass is 16.5. The highest BCUT2D eigenvalue weighted by molar-refractivity contribution is 5.78.